The van der Waals surface area contributed by atoms with E-state index in [4.69, 9.17) is 0 Å². The number of nitrogens with zero attached hydrogens (tertiary/aromatic N) is 1. The van der Waals surface area contributed by atoms with Crippen LogP contribution in [0.3, 0.4) is 0 Å². The molecule has 0 radical (unpaired) electrons. The minimum atomic E-state index is -0.468. The van der Waals surface area contributed by atoms with Crippen molar-refractivity contribution in [3.63, 3.8) is 0 Å². The molecule has 106 valence electrons. The largest absolute Gasteiger partial charge is 0.411 e. The third kappa shape index (κ3) is 1.84. The molecule has 0 heterocycles. The molecule has 7 unspecified atom stereocenters. The van der Waals surface area contributed by atoms with E-state index >= 15 is 0 Å². The van der Waals surface area contributed by atoms with Gasteiger partial charge in [0, 0.05) is 5.92 Å². The number of hydrogen-bond acceptors (Lipinski definition) is 3. The van der Waals surface area contributed by atoms with Gasteiger partial charge in [-0.15, -0.1) is 0 Å². The molecule has 0 spiro atoms. The molecule has 4 aliphatic carbocycles. The number of oxime groups is 1. The van der Waals surface area contributed by atoms with E-state index in [-0.39, 0.29) is 0 Å². The minimum absolute atomic E-state index is 0.373. The van der Waals surface area contributed by atoms with Crippen LogP contribution in [0.5, 0.6) is 0 Å². The van der Waals surface area contributed by atoms with Crippen LogP contribution < -0.4 is 0 Å². The summed E-state index contributed by atoms with van der Waals surface area (Å²) in [7, 11) is 0. The first kappa shape index (κ1) is 12.2. The molecule has 4 fully saturated rings. The Kier molecular flexibility index (Phi) is 2.87. The lowest BCUT2D eigenvalue weighted by molar-refractivity contribution is 0.117. The first-order valence-corrected chi connectivity index (χ1v) is 8.16. The Labute approximate surface area is 115 Å². The number of aliphatic hydroxyl groups is 1. The summed E-state index contributed by atoms with van der Waals surface area (Å²) in [6.07, 6.45) is 9.71. The molecule has 0 aromatic carbocycles. The van der Waals surface area contributed by atoms with Gasteiger partial charge < -0.3 is 10.3 Å². The van der Waals surface area contributed by atoms with Crippen LogP contribution in [0.1, 0.15) is 51.4 Å². The minimum Gasteiger partial charge on any atom is -0.411 e. The van der Waals surface area contributed by atoms with Crippen molar-refractivity contribution in [2.75, 3.05) is 0 Å². The molecule has 19 heavy (non-hydrogen) atoms. The van der Waals surface area contributed by atoms with Gasteiger partial charge in [-0.25, -0.2) is 0 Å². The van der Waals surface area contributed by atoms with Gasteiger partial charge in [-0.3, -0.25) is 0 Å². The van der Waals surface area contributed by atoms with Gasteiger partial charge in [-0.1, -0.05) is 18.0 Å². The number of aliphatic hydroxyl groups excluding tert-OH is 1. The van der Waals surface area contributed by atoms with Crippen LogP contribution in [0.4, 0.5) is 0 Å². The predicted molar refractivity (Wildman–Crippen MR) is 73.1 cm³/mol. The lowest BCUT2D eigenvalue weighted by Gasteiger charge is -2.31. The fourth-order valence-electron chi connectivity index (χ4n) is 5.86. The molecule has 0 aliphatic heterocycles. The second kappa shape index (κ2) is 4.47. The van der Waals surface area contributed by atoms with E-state index in [0.717, 1.165) is 30.4 Å². The van der Waals surface area contributed by atoms with Crippen molar-refractivity contribution in [2.24, 2.45) is 40.7 Å². The average molecular weight is 263 g/mol. The Bertz CT molecular complexity index is 394. The second-order valence-corrected chi connectivity index (χ2v) is 7.59. The normalized spacial score (nSPS) is 50.1. The van der Waals surface area contributed by atoms with Crippen LogP contribution in [0.2, 0.25) is 0 Å². The molecule has 3 heteroatoms. The van der Waals surface area contributed by atoms with Gasteiger partial charge in [0.15, 0.2) is 0 Å². The van der Waals surface area contributed by atoms with Gasteiger partial charge in [-0.2, -0.15) is 0 Å². The van der Waals surface area contributed by atoms with Crippen LogP contribution in [-0.4, -0.2) is 22.1 Å². The zero-order valence-corrected chi connectivity index (χ0v) is 11.5. The molecule has 4 rings (SSSR count). The molecule has 0 saturated heterocycles. The van der Waals surface area contributed by atoms with Crippen LogP contribution >= 0.6 is 0 Å². The zero-order chi connectivity index (χ0) is 13.0. The Morgan fingerprint density at radius 2 is 1.58 bits per heavy atom. The van der Waals surface area contributed by atoms with E-state index in [2.05, 4.69) is 5.16 Å². The first-order valence-electron chi connectivity index (χ1n) is 8.16. The highest BCUT2D eigenvalue weighted by Gasteiger charge is 2.49. The van der Waals surface area contributed by atoms with Crippen molar-refractivity contribution in [3.8, 4) is 0 Å². The number of rotatable bonds is 3. The summed E-state index contributed by atoms with van der Waals surface area (Å²) in [6.45, 7) is 0. The Morgan fingerprint density at radius 1 is 0.895 bits per heavy atom. The Morgan fingerprint density at radius 3 is 2.05 bits per heavy atom. The van der Waals surface area contributed by atoms with Crippen LogP contribution in [-0.2, 0) is 0 Å². The maximum Gasteiger partial charge on any atom is 0.0987 e. The lowest BCUT2D eigenvalue weighted by Crippen LogP contribution is -2.39. The third-order valence-electron chi connectivity index (χ3n) is 6.73. The summed E-state index contributed by atoms with van der Waals surface area (Å²) >= 11 is 0. The average Bonchev–Trinajstić information content (AvgIpc) is 3.19. The topological polar surface area (TPSA) is 52.8 Å². The van der Waals surface area contributed by atoms with E-state index in [1.165, 1.54) is 38.5 Å². The van der Waals surface area contributed by atoms with Crippen molar-refractivity contribution in [1.82, 2.24) is 0 Å². The van der Waals surface area contributed by atoms with Crippen molar-refractivity contribution >= 4 is 5.71 Å². The van der Waals surface area contributed by atoms with Crippen LogP contribution in [0.25, 0.3) is 0 Å². The highest BCUT2D eigenvalue weighted by atomic mass is 16.4. The van der Waals surface area contributed by atoms with Crippen molar-refractivity contribution in [1.29, 1.82) is 0 Å². The summed E-state index contributed by atoms with van der Waals surface area (Å²) < 4.78 is 0. The molecule has 4 bridgehead atoms. The second-order valence-electron chi connectivity index (χ2n) is 7.59. The molecule has 7 atom stereocenters. The standard InChI is InChI=1S/C16H25NO2/c18-16(14-8-10-2-4-12(14)6-10)15(17-19)13-7-9-1-3-11(13)5-9/h9-14,16,18-19H,1-8H2. The Hall–Kier alpha value is -0.570. The molecule has 0 amide bonds. The number of hydrogen-bond donors (Lipinski definition) is 2. The van der Waals surface area contributed by atoms with E-state index in [0.29, 0.717) is 23.7 Å². The molecule has 0 aromatic rings. The van der Waals surface area contributed by atoms with E-state index in [1.807, 2.05) is 0 Å². The molecule has 4 saturated carbocycles. The molecule has 2 N–H and O–H groups in total. The van der Waals surface area contributed by atoms with Gasteiger partial charge in [0.25, 0.3) is 0 Å². The summed E-state index contributed by atoms with van der Waals surface area (Å²) in [5.74, 6) is 3.80. The summed E-state index contributed by atoms with van der Waals surface area (Å²) in [5, 5.41) is 23.8. The fourth-order valence-corrected chi connectivity index (χ4v) is 5.86. The summed E-state index contributed by atoms with van der Waals surface area (Å²) in [4.78, 5) is 0. The van der Waals surface area contributed by atoms with Gasteiger partial charge in [-0.05, 0) is 68.1 Å². The van der Waals surface area contributed by atoms with Gasteiger partial charge >= 0.3 is 0 Å². The molecule has 3 nitrogen and oxygen atoms in total. The SMILES string of the molecule is ON=C(C(O)C1CC2CCC1C2)C1CC2CCC1C2. The molecule has 0 aromatic heterocycles. The zero-order valence-electron chi connectivity index (χ0n) is 11.5. The highest BCUT2D eigenvalue weighted by molar-refractivity contribution is 5.91. The molecular weight excluding hydrogens is 238 g/mol. The maximum atomic E-state index is 10.7. The summed E-state index contributed by atoms with van der Waals surface area (Å²) in [6, 6.07) is 0. The Balaban J connectivity index is 1.50. The van der Waals surface area contributed by atoms with Crippen LogP contribution in [0, 0.1) is 35.5 Å². The van der Waals surface area contributed by atoms with E-state index in [1.54, 1.807) is 0 Å². The smallest absolute Gasteiger partial charge is 0.0987 e. The van der Waals surface area contributed by atoms with Gasteiger partial charge in [0.2, 0.25) is 0 Å². The maximum absolute atomic E-state index is 10.7. The fraction of sp³-hybridized carbons (Fsp3) is 0.938. The third-order valence-corrected chi connectivity index (χ3v) is 6.73. The van der Waals surface area contributed by atoms with Crippen molar-refractivity contribution < 1.29 is 10.3 Å². The molecular formula is C16H25NO2. The lowest BCUT2D eigenvalue weighted by atomic mass is 9.76. The highest BCUT2D eigenvalue weighted by Crippen LogP contribution is 2.53. The van der Waals surface area contributed by atoms with Gasteiger partial charge in [0.1, 0.15) is 0 Å². The monoisotopic (exact) mass is 263 g/mol. The van der Waals surface area contributed by atoms with Crippen molar-refractivity contribution in [3.05, 3.63) is 0 Å². The summed E-state index contributed by atoms with van der Waals surface area (Å²) in [5.41, 5.74) is 0.741. The number of fused-ring (bicyclic) bond motifs is 4. The molecule has 4 aliphatic rings. The van der Waals surface area contributed by atoms with E-state index in [9.17, 15) is 10.3 Å². The first-order chi connectivity index (χ1) is 9.26. The van der Waals surface area contributed by atoms with Gasteiger partial charge in [0.05, 0.1) is 11.8 Å². The van der Waals surface area contributed by atoms with Crippen LogP contribution in [0.15, 0.2) is 5.16 Å². The predicted octanol–water partition coefficient (Wildman–Crippen LogP) is 3.05. The quantitative estimate of drug-likeness (QED) is 0.467. The van der Waals surface area contributed by atoms with E-state index < -0.39 is 6.10 Å². The van der Waals surface area contributed by atoms with Crippen molar-refractivity contribution in [2.45, 2.75) is 57.5 Å².